The SMILES string of the molecule is c1ccc(-c2ccccc2-c2ccccc2-c2ccc(Nc3ccc(-c4cccc5cccc(-c6ccccc6)c45)cc3)cc2)cc1. The first-order valence-electron chi connectivity index (χ1n) is 16.1. The Kier molecular flexibility index (Phi) is 7.63. The quantitative estimate of drug-likeness (QED) is 0.192. The number of rotatable bonds is 7. The van der Waals surface area contributed by atoms with E-state index in [4.69, 9.17) is 0 Å². The fourth-order valence-electron chi connectivity index (χ4n) is 6.63. The molecule has 0 aliphatic heterocycles. The van der Waals surface area contributed by atoms with Gasteiger partial charge in [0.25, 0.3) is 0 Å². The largest absolute Gasteiger partial charge is 0.356 e. The van der Waals surface area contributed by atoms with Crippen molar-refractivity contribution in [3.63, 3.8) is 0 Å². The Labute approximate surface area is 276 Å². The average molecular weight is 600 g/mol. The summed E-state index contributed by atoms with van der Waals surface area (Å²) in [6.45, 7) is 0. The van der Waals surface area contributed by atoms with Crippen LogP contribution in [0, 0.1) is 0 Å². The van der Waals surface area contributed by atoms with Crippen LogP contribution in [0.4, 0.5) is 11.4 Å². The average Bonchev–Trinajstić information content (AvgIpc) is 3.16. The normalized spacial score (nSPS) is 11.0. The highest BCUT2D eigenvalue weighted by molar-refractivity contribution is 6.06. The van der Waals surface area contributed by atoms with Gasteiger partial charge in [-0.15, -0.1) is 0 Å². The third kappa shape index (κ3) is 5.72. The van der Waals surface area contributed by atoms with Gasteiger partial charge >= 0.3 is 0 Å². The summed E-state index contributed by atoms with van der Waals surface area (Å²) in [6, 6.07) is 69.3. The van der Waals surface area contributed by atoms with Gasteiger partial charge in [-0.25, -0.2) is 0 Å². The fourth-order valence-corrected chi connectivity index (χ4v) is 6.63. The van der Waals surface area contributed by atoms with Crippen LogP contribution in [-0.2, 0) is 0 Å². The van der Waals surface area contributed by atoms with E-state index in [0.29, 0.717) is 0 Å². The fraction of sp³-hybridized carbons (Fsp3) is 0. The molecule has 1 heteroatoms. The van der Waals surface area contributed by atoms with Gasteiger partial charge in [0.1, 0.15) is 0 Å². The van der Waals surface area contributed by atoms with Crippen LogP contribution in [0.2, 0.25) is 0 Å². The molecule has 0 saturated carbocycles. The molecule has 0 aliphatic carbocycles. The van der Waals surface area contributed by atoms with Gasteiger partial charge < -0.3 is 5.32 Å². The molecule has 8 aromatic rings. The van der Waals surface area contributed by atoms with Crippen LogP contribution < -0.4 is 5.32 Å². The van der Waals surface area contributed by atoms with Crippen LogP contribution in [0.25, 0.3) is 66.4 Å². The van der Waals surface area contributed by atoms with Crippen LogP contribution in [0.15, 0.2) is 194 Å². The van der Waals surface area contributed by atoms with E-state index in [1.807, 2.05) is 0 Å². The number of fused-ring (bicyclic) bond motifs is 1. The summed E-state index contributed by atoms with van der Waals surface area (Å²) >= 11 is 0. The van der Waals surface area contributed by atoms with Crippen molar-refractivity contribution in [2.24, 2.45) is 0 Å². The molecule has 0 saturated heterocycles. The molecule has 8 aromatic carbocycles. The smallest absolute Gasteiger partial charge is 0.0384 e. The van der Waals surface area contributed by atoms with E-state index >= 15 is 0 Å². The second-order valence-electron chi connectivity index (χ2n) is 11.8. The maximum absolute atomic E-state index is 3.61. The van der Waals surface area contributed by atoms with Crippen LogP contribution in [-0.4, -0.2) is 0 Å². The monoisotopic (exact) mass is 599 g/mol. The Morgan fingerprint density at radius 1 is 0.234 bits per heavy atom. The van der Waals surface area contributed by atoms with Crippen LogP contribution >= 0.6 is 0 Å². The Morgan fingerprint density at radius 3 is 1.04 bits per heavy atom. The van der Waals surface area contributed by atoms with E-state index in [2.05, 4.69) is 199 Å². The molecule has 0 aromatic heterocycles. The molecule has 0 fully saturated rings. The van der Waals surface area contributed by atoms with E-state index < -0.39 is 0 Å². The highest BCUT2D eigenvalue weighted by Gasteiger charge is 2.13. The maximum Gasteiger partial charge on any atom is 0.0384 e. The lowest BCUT2D eigenvalue weighted by atomic mass is 9.89. The summed E-state index contributed by atoms with van der Waals surface area (Å²) in [5.41, 5.74) is 14.4. The molecule has 8 rings (SSSR count). The van der Waals surface area contributed by atoms with Crippen molar-refractivity contribution in [3.8, 4) is 55.6 Å². The summed E-state index contributed by atoms with van der Waals surface area (Å²) in [5.74, 6) is 0. The van der Waals surface area contributed by atoms with Gasteiger partial charge in [0, 0.05) is 11.4 Å². The lowest BCUT2D eigenvalue weighted by molar-refractivity contribution is 1.53. The molecule has 0 atom stereocenters. The molecule has 1 nitrogen and oxygen atoms in total. The highest BCUT2D eigenvalue weighted by atomic mass is 14.9. The molecular formula is C46H33N. The van der Waals surface area contributed by atoms with Gasteiger partial charge in [0.05, 0.1) is 0 Å². The molecule has 222 valence electrons. The van der Waals surface area contributed by atoms with Crippen LogP contribution in [0.5, 0.6) is 0 Å². The molecule has 0 amide bonds. The van der Waals surface area contributed by atoms with Crippen molar-refractivity contribution in [1.82, 2.24) is 0 Å². The van der Waals surface area contributed by atoms with Gasteiger partial charge in [0.15, 0.2) is 0 Å². The Balaban J connectivity index is 1.06. The molecule has 1 N–H and O–H groups in total. The third-order valence-electron chi connectivity index (χ3n) is 8.90. The van der Waals surface area contributed by atoms with Crippen molar-refractivity contribution in [2.75, 3.05) is 5.32 Å². The summed E-state index contributed by atoms with van der Waals surface area (Å²) in [4.78, 5) is 0. The van der Waals surface area contributed by atoms with Gasteiger partial charge in [-0.1, -0.05) is 170 Å². The van der Waals surface area contributed by atoms with Crippen LogP contribution in [0.1, 0.15) is 0 Å². The third-order valence-corrected chi connectivity index (χ3v) is 8.90. The first kappa shape index (κ1) is 28.3. The lowest BCUT2D eigenvalue weighted by Gasteiger charge is -2.15. The minimum atomic E-state index is 1.06. The zero-order valence-corrected chi connectivity index (χ0v) is 26.0. The minimum Gasteiger partial charge on any atom is -0.356 e. The number of nitrogens with one attached hydrogen (secondary N) is 1. The van der Waals surface area contributed by atoms with E-state index in [-0.39, 0.29) is 0 Å². The van der Waals surface area contributed by atoms with Crippen molar-refractivity contribution in [3.05, 3.63) is 194 Å². The second-order valence-corrected chi connectivity index (χ2v) is 11.8. The van der Waals surface area contributed by atoms with Gasteiger partial charge in [-0.2, -0.15) is 0 Å². The van der Waals surface area contributed by atoms with E-state index in [0.717, 1.165) is 11.4 Å². The molecule has 0 unspecified atom stereocenters. The Hall–Kier alpha value is -6.18. The summed E-state index contributed by atoms with van der Waals surface area (Å²) in [7, 11) is 0. The van der Waals surface area contributed by atoms with E-state index in [9.17, 15) is 0 Å². The number of hydrogen-bond donors (Lipinski definition) is 1. The number of hydrogen-bond acceptors (Lipinski definition) is 1. The molecule has 0 radical (unpaired) electrons. The first-order chi connectivity index (χ1) is 23.3. The standard InChI is InChI=1S/C46H33N/c1-3-13-33(14-4-1)40-19-7-9-21-44(40)45-22-10-8-20-41(45)35-25-29-38(30-26-35)47-39-31-27-36(28-32-39)43-24-12-18-37-17-11-23-42(46(37)43)34-15-5-2-6-16-34/h1-32,47H. The van der Waals surface area contributed by atoms with Gasteiger partial charge in [-0.3, -0.25) is 0 Å². The number of benzene rings is 8. The Bertz CT molecular complexity index is 2280. The van der Waals surface area contributed by atoms with E-state index in [1.165, 1.54) is 66.4 Å². The highest BCUT2D eigenvalue weighted by Crippen LogP contribution is 2.39. The molecule has 0 heterocycles. The zero-order chi connectivity index (χ0) is 31.4. The molecule has 0 aliphatic rings. The van der Waals surface area contributed by atoms with Gasteiger partial charge in [0.2, 0.25) is 0 Å². The minimum absolute atomic E-state index is 1.06. The molecular weight excluding hydrogens is 567 g/mol. The van der Waals surface area contributed by atoms with Crippen molar-refractivity contribution < 1.29 is 0 Å². The van der Waals surface area contributed by atoms with E-state index in [1.54, 1.807) is 0 Å². The predicted octanol–water partition coefficient (Wildman–Crippen LogP) is 12.9. The summed E-state index contributed by atoms with van der Waals surface area (Å²) < 4.78 is 0. The molecule has 0 bridgehead atoms. The topological polar surface area (TPSA) is 12.0 Å². The van der Waals surface area contributed by atoms with Crippen molar-refractivity contribution in [1.29, 1.82) is 0 Å². The first-order valence-corrected chi connectivity index (χ1v) is 16.1. The lowest BCUT2D eigenvalue weighted by Crippen LogP contribution is -1.92. The summed E-state index contributed by atoms with van der Waals surface area (Å²) in [6.07, 6.45) is 0. The number of anilines is 2. The van der Waals surface area contributed by atoms with Crippen molar-refractivity contribution in [2.45, 2.75) is 0 Å². The van der Waals surface area contributed by atoms with Crippen molar-refractivity contribution >= 4 is 22.1 Å². The molecule has 0 spiro atoms. The predicted molar refractivity (Wildman–Crippen MR) is 201 cm³/mol. The van der Waals surface area contributed by atoms with Crippen LogP contribution in [0.3, 0.4) is 0 Å². The zero-order valence-electron chi connectivity index (χ0n) is 26.0. The summed E-state index contributed by atoms with van der Waals surface area (Å²) in [5, 5.41) is 6.14. The molecule has 47 heavy (non-hydrogen) atoms. The Morgan fingerprint density at radius 2 is 0.574 bits per heavy atom. The second kappa shape index (κ2) is 12.7. The van der Waals surface area contributed by atoms with Gasteiger partial charge in [-0.05, 0) is 90.7 Å². The maximum atomic E-state index is 3.61.